The minimum Gasteiger partial charge on any atom is -0.342 e. The van der Waals surface area contributed by atoms with Gasteiger partial charge in [-0.25, -0.2) is 13.6 Å². The number of piperidine rings is 2. The maximum absolute atomic E-state index is 12.3. The Hall–Kier alpha value is -1.15. The molecule has 0 unspecified atom stereocenters. The quantitative estimate of drug-likeness (QED) is 0.748. The van der Waals surface area contributed by atoms with Gasteiger partial charge >= 0.3 is 0 Å². The lowest BCUT2D eigenvalue weighted by Gasteiger charge is -2.47. The fourth-order valence-corrected chi connectivity index (χ4v) is 4.34. The van der Waals surface area contributed by atoms with E-state index in [1.165, 1.54) is 0 Å². The van der Waals surface area contributed by atoms with E-state index in [0.29, 0.717) is 31.3 Å². The maximum atomic E-state index is 12.3. The molecule has 7 nitrogen and oxygen atoms in total. The van der Waals surface area contributed by atoms with Crippen LogP contribution in [0.15, 0.2) is 0 Å². The second-order valence-corrected chi connectivity index (χ2v) is 9.14. The lowest BCUT2D eigenvalue weighted by atomic mass is 9.83. The van der Waals surface area contributed by atoms with E-state index in [0.717, 1.165) is 19.4 Å². The molecule has 0 aliphatic carbocycles. The van der Waals surface area contributed by atoms with Crippen molar-refractivity contribution < 1.29 is 18.0 Å². The molecule has 2 amide bonds. The van der Waals surface area contributed by atoms with E-state index in [4.69, 9.17) is 5.14 Å². The van der Waals surface area contributed by atoms with Gasteiger partial charge in [-0.2, -0.15) is 0 Å². The van der Waals surface area contributed by atoms with Crippen molar-refractivity contribution in [2.75, 3.05) is 25.4 Å². The molecule has 0 aromatic carbocycles. The topological polar surface area (TPSA) is 101 Å². The third-order valence-corrected chi connectivity index (χ3v) is 5.74. The predicted octanol–water partition coefficient (Wildman–Crippen LogP) is 0.551. The van der Waals surface area contributed by atoms with Crippen LogP contribution < -0.4 is 5.14 Å². The number of sulfonamides is 1. The number of carbonyl (C=O) groups is 2. The lowest BCUT2D eigenvalue weighted by Crippen LogP contribution is -2.57. The molecule has 2 atom stereocenters. The minimum atomic E-state index is -3.51. The van der Waals surface area contributed by atoms with E-state index in [-0.39, 0.29) is 36.5 Å². The molecule has 0 aromatic heterocycles. The molecule has 0 spiro atoms. The first-order valence-electron chi connectivity index (χ1n) is 8.75. The molecule has 138 valence electrons. The van der Waals surface area contributed by atoms with Crippen LogP contribution in [-0.4, -0.2) is 61.5 Å². The van der Waals surface area contributed by atoms with E-state index in [1.807, 2.05) is 9.80 Å². The molecule has 2 aliphatic rings. The molecule has 0 aromatic rings. The van der Waals surface area contributed by atoms with Crippen LogP contribution in [-0.2, 0) is 19.6 Å². The molecule has 2 heterocycles. The summed E-state index contributed by atoms with van der Waals surface area (Å²) in [5.41, 5.74) is 0. The normalized spacial score (nSPS) is 25.1. The van der Waals surface area contributed by atoms with Crippen molar-refractivity contribution >= 4 is 21.8 Å². The smallest absolute Gasteiger partial charge is 0.222 e. The van der Waals surface area contributed by atoms with Crippen molar-refractivity contribution in [2.24, 2.45) is 17.0 Å². The second kappa shape index (κ2) is 7.82. The molecule has 0 saturated carbocycles. The molecular weight excluding hydrogens is 330 g/mol. The monoisotopic (exact) mass is 359 g/mol. The molecular formula is C16H29N3O4S. The first-order valence-corrected chi connectivity index (χ1v) is 10.5. The molecule has 2 aliphatic heterocycles. The average Bonchev–Trinajstić information content (AvgIpc) is 2.48. The Labute approximate surface area is 144 Å². The standard InChI is InChI=1S/C16H29N3O4S/c1-12(2)10-19-14-7-8-18(11-13(14)5-6-16(19)21)15(20)4-3-9-24(17,22)23/h12-14H,3-11H2,1-2H3,(H2,17,22,23)/t13-,14+/m0/s1. The summed E-state index contributed by atoms with van der Waals surface area (Å²) in [6.45, 7) is 6.31. The largest absolute Gasteiger partial charge is 0.342 e. The van der Waals surface area contributed by atoms with Crippen LogP contribution >= 0.6 is 0 Å². The predicted molar refractivity (Wildman–Crippen MR) is 91.5 cm³/mol. The summed E-state index contributed by atoms with van der Waals surface area (Å²) in [7, 11) is -3.51. The van der Waals surface area contributed by atoms with Gasteiger partial charge in [-0.1, -0.05) is 13.8 Å². The van der Waals surface area contributed by atoms with Crippen LogP contribution in [0.1, 0.15) is 46.0 Å². The Bertz CT molecular complexity index is 576. The molecule has 0 bridgehead atoms. The highest BCUT2D eigenvalue weighted by Gasteiger charge is 2.40. The Morgan fingerprint density at radius 2 is 2.04 bits per heavy atom. The Morgan fingerprint density at radius 3 is 2.67 bits per heavy atom. The van der Waals surface area contributed by atoms with Gasteiger partial charge in [0, 0.05) is 38.5 Å². The van der Waals surface area contributed by atoms with Crippen LogP contribution in [0, 0.1) is 11.8 Å². The van der Waals surface area contributed by atoms with Gasteiger partial charge in [0.1, 0.15) is 0 Å². The first kappa shape index (κ1) is 19.2. The minimum absolute atomic E-state index is 0.00981. The zero-order valence-electron chi connectivity index (χ0n) is 14.6. The van der Waals surface area contributed by atoms with Crippen LogP contribution in [0.3, 0.4) is 0 Å². The molecule has 2 N–H and O–H groups in total. The number of amides is 2. The third kappa shape index (κ3) is 5.17. The molecule has 0 radical (unpaired) electrons. The van der Waals surface area contributed by atoms with Gasteiger partial charge in [0.15, 0.2) is 0 Å². The van der Waals surface area contributed by atoms with E-state index in [1.54, 1.807) is 0 Å². The molecule has 2 saturated heterocycles. The summed E-state index contributed by atoms with van der Waals surface area (Å²) < 4.78 is 21.9. The second-order valence-electron chi connectivity index (χ2n) is 7.41. The summed E-state index contributed by atoms with van der Waals surface area (Å²) in [4.78, 5) is 28.3. The van der Waals surface area contributed by atoms with Gasteiger partial charge in [-0.15, -0.1) is 0 Å². The van der Waals surface area contributed by atoms with E-state index in [9.17, 15) is 18.0 Å². The average molecular weight is 359 g/mol. The molecule has 8 heteroatoms. The first-order chi connectivity index (χ1) is 11.2. The summed E-state index contributed by atoms with van der Waals surface area (Å²) in [5, 5.41) is 4.97. The van der Waals surface area contributed by atoms with Crippen molar-refractivity contribution in [3.05, 3.63) is 0 Å². The highest BCUT2D eigenvalue weighted by molar-refractivity contribution is 7.89. The highest BCUT2D eigenvalue weighted by atomic mass is 32.2. The van der Waals surface area contributed by atoms with Crippen LogP contribution in [0.25, 0.3) is 0 Å². The molecule has 2 fully saturated rings. The van der Waals surface area contributed by atoms with E-state index >= 15 is 0 Å². The third-order valence-electron chi connectivity index (χ3n) is 4.88. The van der Waals surface area contributed by atoms with Crippen molar-refractivity contribution in [3.63, 3.8) is 0 Å². The Kier molecular flexibility index (Phi) is 6.25. The SMILES string of the molecule is CC(C)CN1C(=O)CC[C@H]2CN(C(=O)CCCS(N)(=O)=O)CC[C@H]21. The number of hydrogen-bond donors (Lipinski definition) is 1. The number of fused-ring (bicyclic) bond motifs is 1. The summed E-state index contributed by atoms with van der Waals surface area (Å²) in [6.07, 6.45) is 2.67. The number of nitrogens with zero attached hydrogens (tertiary/aromatic N) is 2. The van der Waals surface area contributed by atoms with Crippen molar-refractivity contribution in [3.8, 4) is 0 Å². The summed E-state index contributed by atoms with van der Waals surface area (Å²) in [6, 6.07) is 0.238. The van der Waals surface area contributed by atoms with Crippen LogP contribution in [0.2, 0.25) is 0 Å². The molecule has 2 rings (SSSR count). The van der Waals surface area contributed by atoms with Gasteiger partial charge in [-0.3, -0.25) is 9.59 Å². The van der Waals surface area contributed by atoms with Crippen molar-refractivity contribution in [2.45, 2.75) is 52.0 Å². The molecule has 24 heavy (non-hydrogen) atoms. The number of nitrogens with two attached hydrogens (primary N) is 1. The summed E-state index contributed by atoms with van der Waals surface area (Å²) in [5.74, 6) is 0.834. The number of rotatable bonds is 6. The van der Waals surface area contributed by atoms with Gasteiger partial charge in [0.2, 0.25) is 21.8 Å². The zero-order chi connectivity index (χ0) is 17.9. The van der Waals surface area contributed by atoms with E-state index < -0.39 is 10.0 Å². The van der Waals surface area contributed by atoms with E-state index in [2.05, 4.69) is 13.8 Å². The van der Waals surface area contributed by atoms with Crippen LogP contribution in [0.4, 0.5) is 0 Å². The Balaban J connectivity index is 1.89. The van der Waals surface area contributed by atoms with Gasteiger partial charge < -0.3 is 9.80 Å². The van der Waals surface area contributed by atoms with Gasteiger partial charge in [-0.05, 0) is 31.1 Å². The maximum Gasteiger partial charge on any atom is 0.222 e. The zero-order valence-corrected chi connectivity index (χ0v) is 15.4. The van der Waals surface area contributed by atoms with Gasteiger partial charge in [0.05, 0.1) is 5.75 Å². The van der Waals surface area contributed by atoms with Crippen molar-refractivity contribution in [1.82, 2.24) is 9.80 Å². The van der Waals surface area contributed by atoms with Crippen LogP contribution in [0.5, 0.6) is 0 Å². The number of carbonyl (C=O) groups excluding carboxylic acids is 2. The fourth-order valence-electron chi connectivity index (χ4n) is 3.79. The van der Waals surface area contributed by atoms with Crippen molar-refractivity contribution in [1.29, 1.82) is 0 Å². The Morgan fingerprint density at radius 1 is 1.33 bits per heavy atom. The highest BCUT2D eigenvalue weighted by Crippen LogP contribution is 2.32. The number of primary sulfonamides is 1. The summed E-state index contributed by atoms with van der Waals surface area (Å²) >= 11 is 0. The fraction of sp³-hybridized carbons (Fsp3) is 0.875. The lowest BCUT2D eigenvalue weighted by molar-refractivity contribution is -0.144. The number of likely N-dealkylation sites (tertiary alicyclic amines) is 2. The van der Waals surface area contributed by atoms with Gasteiger partial charge in [0.25, 0.3) is 0 Å². The number of hydrogen-bond acceptors (Lipinski definition) is 4.